The normalized spacial score (nSPS) is 18.2. The van der Waals surface area contributed by atoms with Crippen molar-refractivity contribution >= 4 is 11.9 Å². The molecule has 1 N–H and O–H groups in total. The van der Waals surface area contributed by atoms with Gasteiger partial charge in [0.05, 0.1) is 23.4 Å². The van der Waals surface area contributed by atoms with Gasteiger partial charge in [0.25, 0.3) is 5.91 Å². The fourth-order valence-corrected chi connectivity index (χ4v) is 2.70. The first-order chi connectivity index (χ1) is 10.6. The van der Waals surface area contributed by atoms with Crippen LogP contribution in [-0.4, -0.2) is 44.8 Å². The number of amides is 1. The van der Waals surface area contributed by atoms with E-state index in [2.05, 4.69) is 5.10 Å². The van der Waals surface area contributed by atoms with E-state index in [9.17, 15) is 9.59 Å². The number of carbonyl (C=O) groups excluding carboxylic acids is 1. The first-order valence-electron chi connectivity index (χ1n) is 7.27. The van der Waals surface area contributed by atoms with E-state index in [1.54, 1.807) is 15.8 Å². The van der Waals surface area contributed by atoms with E-state index in [0.717, 1.165) is 12.1 Å². The first-order valence-corrected chi connectivity index (χ1v) is 7.27. The van der Waals surface area contributed by atoms with Gasteiger partial charge >= 0.3 is 5.97 Å². The average molecular weight is 299 g/mol. The Morgan fingerprint density at radius 3 is 2.73 bits per heavy atom. The lowest BCUT2D eigenvalue weighted by Crippen LogP contribution is -2.42. The van der Waals surface area contributed by atoms with Gasteiger partial charge < -0.3 is 10.0 Å². The number of aliphatic carboxylic acids is 1. The van der Waals surface area contributed by atoms with E-state index < -0.39 is 11.9 Å². The van der Waals surface area contributed by atoms with E-state index in [-0.39, 0.29) is 12.5 Å². The third-order valence-corrected chi connectivity index (χ3v) is 3.91. The number of para-hydroxylation sites is 1. The maximum absolute atomic E-state index is 12.5. The molecule has 2 aromatic rings. The molecule has 3 rings (SSSR count). The zero-order chi connectivity index (χ0) is 15.5. The van der Waals surface area contributed by atoms with Gasteiger partial charge in [0.2, 0.25) is 0 Å². The van der Waals surface area contributed by atoms with Gasteiger partial charge in [-0.05, 0) is 25.0 Å². The number of carbonyl (C=O) groups is 2. The van der Waals surface area contributed by atoms with Crippen molar-refractivity contribution in [1.29, 1.82) is 0 Å². The van der Waals surface area contributed by atoms with Crippen molar-refractivity contribution in [2.24, 2.45) is 5.92 Å². The van der Waals surface area contributed by atoms with E-state index in [1.807, 2.05) is 30.3 Å². The van der Waals surface area contributed by atoms with Crippen LogP contribution >= 0.6 is 0 Å². The SMILES string of the molecule is O=C(O)[C@H]1CCCN(C(=O)c2cnn(-c3ccccc3)c2)C1. The van der Waals surface area contributed by atoms with Crippen molar-refractivity contribution < 1.29 is 14.7 Å². The number of hydrogen-bond donors (Lipinski definition) is 1. The van der Waals surface area contributed by atoms with Gasteiger partial charge in [0.1, 0.15) is 0 Å². The monoisotopic (exact) mass is 299 g/mol. The Morgan fingerprint density at radius 2 is 2.00 bits per heavy atom. The first kappa shape index (κ1) is 14.3. The molecule has 0 spiro atoms. The van der Waals surface area contributed by atoms with Crippen LogP contribution in [0.1, 0.15) is 23.2 Å². The molecular weight excluding hydrogens is 282 g/mol. The minimum absolute atomic E-state index is 0.159. The molecule has 1 aromatic heterocycles. The molecule has 1 aliphatic heterocycles. The van der Waals surface area contributed by atoms with Crippen molar-refractivity contribution in [3.63, 3.8) is 0 Å². The fourth-order valence-electron chi connectivity index (χ4n) is 2.70. The molecular formula is C16H17N3O3. The van der Waals surface area contributed by atoms with Crippen molar-refractivity contribution in [2.45, 2.75) is 12.8 Å². The number of hydrogen-bond acceptors (Lipinski definition) is 3. The Hall–Kier alpha value is -2.63. The van der Waals surface area contributed by atoms with Gasteiger partial charge in [0.15, 0.2) is 0 Å². The quantitative estimate of drug-likeness (QED) is 0.938. The highest BCUT2D eigenvalue weighted by atomic mass is 16.4. The van der Waals surface area contributed by atoms with Crippen LogP contribution in [0.4, 0.5) is 0 Å². The number of benzene rings is 1. The molecule has 6 nitrogen and oxygen atoms in total. The molecule has 1 saturated heterocycles. The Labute approximate surface area is 128 Å². The number of carboxylic acid groups (broad SMARTS) is 1. The summed E-state index contributed by atoms with van der Waals surface area (Å²) < 4.78 is 1.64. The summed E-state index contributed by atoms with van der Waals surface area (Å²) in [5, 5.41) is 13.3. The molecule has 0 unspecified atom stereocenters. The summed E-state index contributed by atoms with van der Waals surface area (Å²) in [7, 11) is 0. The standard InChI is InChI=1S/C16H17N3O3/c20-15(18-8-4-5-12(10-18)16(21)22)13-9-17-19(11-13)14-6-2-1-3-7-14/h1-3,6-7,9,11-12H,4-5,8,10H2,(H,21,22)/t12-/m0/s1. The lowest BCUT2D eigenvalue weighted by atomic mass is 9.98. The average Bonchev–Trinajstić information content (AvgIpc) is 3.05. The largest absolute Gasteiger partial charge is 0.481 e. The summed E-state index contributed by atoms with van der Waals surface area (Å²) in [4.78, 5) is 25.2. The van der Waals surface area contributed by atoms with Gasteiger partial charge in [-0.1, -0.05) is 18.2 Å². The Balaban J connectivity index is 1.76. The summed E-state index contributed by atoms with van der Waals surface area (Å²) in [5.41, 5.74) is 1.36. The van der Waals surface area contributed by atoms with E-state index in [0.29, 0.717) is 18.5 Å². The smallest absolute Gasteiger partial charge is 0.308 e. The van der Waals surface area contributed by atoms with Crippen LogP contribution in [0.15, 0.2) is 42.7 Å². The number of carboxylic acids is 1. The second-order valence-electron chi connectivity index (χ2n) is 5.44. The van der Waals surface area contributed by atoms with Crippen LogP contribution in [0, 0.1) is 5.92 Å². The number of nitrogens with zero attached hydrogens (tertiary/aromatic N) is 3. The predicted octanol–water partition coefficient (Wildman–Crippen LogP) is 1.81. The van der Waals surface area contributed by atoms with Crippen molar-refractivity contribution in [3.05, 3.63) is 48.3 Å². The molecule has 1 atom stereocenters. The Bertz CT molecular complexity index is 681. The number of aromatic nitrogens is 2. The third-order valence-electron chi connectivity index (χ3n) is 3.91. The number of piperidine rings is 1. The second-order valence-corrected chi connectivity index (χ2v) is 5.44. The minimum Gasteiger partial charge on any atom is -0.481 e. The van der Waals surface area contributed by atoms with Crippen molar-refractivity contribution in [2.75, 3.05) is 13.1 Å². The summed E-state index contributed by atoms with van der Waals surface area (Å²) in [5.74, 6) is -1.47. The molecule has 1 aliphatic rings. The van der Waals surface area contributed by atoms with Crippen LogP contribution in [-0.2, 0) is 4.79 Å². The summed E-state index contributed by atoms with van der Waals surface area (Å²) in [6, 6.07) is 9.53. The lowest BCUT2D eigenvalue weighted by molar-refractivity contribution is -0.143. The molecule has 0 aliphatic carbocycles. The summed E-state index contributed by atoms with van der Waals surface area (Å²) >= 11 is 0. The minimum atomic E-state index is -0.836. The maximum atomic E-state index is 12.5. The molecule has 0 saturated carbocycles. The van der Waals surface area contributed by atoms with Gasteiger partial charge in [-0.25, -0.2) is 4.68 Å². The van der Waals surface area contributed by atoms with Crippen LogP contribution in [0.2, 0.25) is 0 Å². The maximum Gasteiger partial charge on any atom is 0.308 e. The molecule has 6 heteroatoms. The van der Waals surface area contributed by atoms with Crippen molar-refractivity contribution in [3.8, 4) is 5.69 Å². The van der Waals surface area contributed by atoms with E-state index >= 15 is 0 Å². The van der Waals surface area contributed by atoms with E-state index in [1.165, 1.54) is 6.20 Å². The highest BCUT2D eigenvalue weighted by molar-refractivity contribution is 5.94. The Kier molecular flexibility index (Phi) is 3.91. The van der Waals surface area contributed by atoms with Crippen LogP contribution in [0.5, 0.6) is 0 Å². The van der Waals surface area contributed by atoms with Gasteiger partial charge in [-0.2, -0.15) is 5.10 Å². The summed E-state index contributed by atoms with van der Waals surface area (Å²) in [6.07, 6.45) is 4.56. The molecule has 1 fully saturated rings. The molecule has 1 amide bonds. The van der Waals surface area contributed by atoms with Crippen molar-refractivity contribution in [1.82, 2.24) is 14.7 Å². The second kappa shape index (κ2) is 6.01. The number of likely N-dealkylation sites (tertiary alicyclic amines) is 1. The molecule has 22 heavy (non-hydrogen) atoms. The predicted molar refractivity (Wildman–Crippen MR) is 79.8 cm³/mol. The fraction of sp³-hybridized carbons (Fsp3) is 0.312. The zero-order valence-electron chi connectivity index (χ0n) is 12.1. The summed E-state index contributed by atoms with van der Waals surface area (Å²) in [6.45, 7) is 0.865. The molecule has 2 heterocycles. The van der Waals surface area contributed by atoms with E-state index in [4.69, 9.17) is 5.11 Å². The highest BCUT2D eigenvalue weighted by Gasteiger charge is 2.29. The molecule has 0 bridgehead atoms. The Morgan fingerprint density at radius 1 is 1.23 bits per heavy atom. The zero-order valence-corrected chi connectivity index (χ0v) is 12.1. The van der Waals surface area contributed by atoms with Gasteiger partial charge in [-0.15, -0.1) is 0 Å². The number of rotatable bonds is 3. The lowest BCUT2D eigenvalue weighted by Gasteiger charge is -2.30. The molecule has 114 valence electrons. The van der Waals surface area contributed by atoms with Crippen LogP contribution in [0.3, 0.4) is 0 Å². The van der Waals surface area contributed by atoms with Crippen LogP contribution in [0.25, 0.3) is 5.69 Å². The topological polar surface area (TPSA) is 75.4 Å². The van der Waals surface area contributed by atoms with Crippen LogP contribution < -0.4 is 0 Å². The third kappa shape index (κ3) is 2.86. The van der Waals surface area contributed by atoms with Gasteiger partial charge in [-0.3, -0.25) is 9.59 Å². The van der Waals surface area contributed by atoms with Gasteiger partial charge in [0, 0.05) is 19.3 Å². The molecule has 0 radical (unpaired) electrons. The highest BCUT2D eigenvalue weighted by Crippen LogP contribution is 2.19. The molecule has 1 aromatic carbocycles.